The number of aromatic nitrogens is 3. The first kappa shape index (κ1) is 16.7. The summed E-state index contributed by atoms with van der Waals surface area (Å²) in [5.74, 6) is 0.235. The van der Waals surface area contributed by atoms with Crippen LogP contribution in [0.25, 0.3) is 11.2 Å². The zero-order valence-corrected chi connectivity index (χ0v) is 13.9. The van der Waals surface area contributed by atoms with Crippen LogP contribution in [0.1, 0.15) is 6.92 Å². The quantitative estimate of drug-likeness (QED) is 0.527. The number of non-ortho nitro benzene ring substituents is 1. The molecule has 3 rings (SSSR count). The number of carbonyl (C=O) groups excluding carboxylic acids is 1. The van der Waals surface area contributed by atoms with Gasteiger partial charge in [0.15, 0.2) is 5.65 Å². The smallest absolute Gasteiger partial charge is 0.413 e. The maximum atomic E-state index is 11.4. The number of amides is 1. The fourth-order valence-corrected chi connectivity index (χ4v) is 2.94. The van der Waals surface area contributed by atoms with E-state index in [1.165, 1.54) is 23.9 Å². The fraction of sp³-hybridized carbons (Fsp3) is 0.133. The van der Waals surface area contributed by atoms with Crippen LogP contribution in [0.15, 0.2) is 46.3 Å². The van der Waals surface area contributed by atoms with Gasteiger partial charge in [-0.15, -0.1) is 0 Å². The van der Waals surface area contributed by atoms with E-state index in [1.54, 1.807) is 31.3 Å². The Morgan fingerprint density at radius 2 is 2.24 bits per heavy atom. The van der Waals surface area contributed by atoms with Gasteiger partial charge in [0, 0.05) is 28.1 Å². The second kappa shape index (κ2) is 7.18. The number of H-pyrrole nitrogens is 1. The maximum Gasteiger partial charge on any atom is 0.413 e. The Morgan fingerprint density at radius 3 is 3.00 bits per heavy atom. The Balaban J connectivity index is 1.80. The van der Waals surface area contributed by atoms with Gasteiger partial charge in [0.2, 0.25) is 5.95 Å². The molecule has 0 aliphatic rings. The van der Waals surface area contributed by atoms with E-state index in [4.69, 9.17) is 4.74 Å². The second-order valence-corrected chi connectivity index (χ2v) is 5.98. The highest BCUT2D eigenvalue weighted by Crippen LogP contribution is 2.30. The van der Waals surface area contributed by atoms with Gasteiger partial charge in [-0.1, -0.05) is 17.8 Å². The summed E-state index contributed by atoms with van der Waals surface area (Å²) in [6.45, 7) is 1.96. The minimum Gasteiger partial charge on any atom is -0.450 e. The van der Waals surface area contributed by atoms with Crippen LogP contribution in [0.2, 0.25) is 0 Å². The zero-order chi connectivity index (χ0) is 17.8. The summed E-state index contributed by atoms with van der Waals surface area (Å²) in [4.78, 5) is 34.6. The summed E-state index contributed by atoms with van der Waals surface area (Å²) in [5.41, 5.74) is 1.10. The van der Waals surface area contributed by atoms with Crippen LogP contribution in [0.4, 0.5) is 16.4 Å². The fourth-order valence-electron chi connectivity index (χ4n) is 2.06. The molecule has 0 bridgehead atoms. The van der Waals surface area contributed by atoms with Crippen LogP contribution < -0.4 is 5.32 Å². The lowest BCUT2D eigenvalue weighted by Gasteiger charge is -2.01. The average Bonchev–Trinajstić information content (AvgIpc) is 2.96. The van der Waals surface area contributed by atoms with E-state index in [0.717, 1.165) is 9.79 Å². The molecule has 25 heavy (non-hydrogen) atoms. The standard InChI is InChI=1S/C15H13N5O4S/c1-2-24-15(21)19-14-17-12-7-11(8-16-13(12)18-14)25-10-5-3-4-9(6-10)20(22)23/h3-8H,2H2,1H3,(H2,16,17,18,19,21). The number of hydrogen-bond donors (Lipinski definition) is 2. The lowest BCUT2D eigenvalue weighted by molar-refractivity contribution is -0.385. The van der Waals surface area contributed by atoms with Gasteiger partial charge >= 0.3 is 6.09 Å². The maximum absolute atomic E-state index is 11.4. The summed E-state index contributed by atoms with van der Waals surface area (Å²) < 4.78 is 4.79. The van der Waals surface area contributed by atoms with Crippen molar-refractivity contribution in [2.75, 3.05) is 11.9 Å². The largest absolute Gasteiger partial charge is 0.450 e. The molecule has 1 aromatic carbocycles. The summed E-state index contributed by atoms with van der Waals surface area (Å²) >= 11 is 1.34. The van der Waals surface area contributed by atoms with Crippen molar-refractivity contribution in [1.29, 1.82) is 0 Å². The topological polar surface area (TPSA) is 123 Å². The van der Waals surface area contributed by atoms with Crippen molar-refractivity contribution in [1.82, 2.24) is 15.0 Å². The van der Waals surface area contributed by atoms with Crippen LogP contribution in [0.3, 0.4) is 0 Å². The summed E-state index contributed by atoms with van der Waals surface area (Å²) in [6, 6.07) is 8.14. The van der Waals surface area contributed by atoms with Gasteiger partial charge in [-0.05, 0) is 19.1 Å². The Kier molecular flexibility index (Phi) is 4.80. The predicted molar refractivity (Wildman–Crippen MR) is 91.8 cm³/mol. The first-order valence-electron chi connectivity index (χ1n) is 7.27. The molecule has 0 saturated heterocycles. The number of nitrogens with zero attached hydrogens (tertiary/aromatic N) is 3. The van der Waals surface area contributed by atoms with Crippen LogP contribution >= 0.6 is 11.8 Å². The van der Waals surface area contributed by atoms with Crippen molar-refractivity contribution in [2.24, 2.45) is 0 Å². The molecular weight excluding hydrogens is 346 g/mol. The van der Waals surface area contributed by atoms with Gasteiger partial charge in [-0.3, -0.25) is 15.4 Å². The van der Waals surface area contributed by atoms with Crippen molar-refractivity contribution in [3.8, 4) is 0 Å². The number of pyridine rings is 1. The van der Waals surface area contributed by atoms with Gasteiger partial charge in [0.1, 0.15) is 0 Å². The number of anilines is 1. The number of fused-ring (bicyclic) bond motifs is 1. The minimum absolute atomic E-state index is 0.0292. The Hall–Kier alpha value is -3.14. The number of hydrogen-bond acceptors (Lipinski definition) is 7. The first-order chi connectivity index (χ1) is 12.0. The highest BCUT2D eigenvalue weighted by atomic mass is 32.2. The number of aromatic amines is 1. The monoisotopic (exact) mass is 359 g/mol. The molecule has 3 aromatic rings. The molecule has 0 unspecified atom stereocenters. The molecule has 2 N–H and O–H groups in total. The van der Waals surface area contributed by atoms with Crippen molar-refractivity contribution in [3.63, 3.8) is 0 Å². The summed E-state index contributed by atoms with van der Waals surface area (Å²) in [7, 11) is 0. The molecule has 1 amide bonds. The predicted octanol–water partition coefficient (Wildman–Crippen LogP) is 3.59. The lowest BCUT2D eigenvalue weighted by atomic mass is 10.3. The van der Waals surface area contributed by atoms with Crippen molar-refractivity contribution >= 4 is 40.7 Å². The zero-order valence-electron chi connectivity index (χ0n) is 13.1. The van der Waals surface area contributed by atoms with E-state index in [2.05, 4.69) is 20.3 Å². The molecule has 0 atom stereocenters. The number of nitro benzene ring substituents is 1. The van der Waals surface area contributed by atoms with E-state index < -0.39 is 11.0 Å². The van der Waals surface area contributed by atoms with Gasteiger partial charge in [0.05, 0.1) is 17.0 Å². The van der Waals surface area contributed by atoms with Crippen molar-refractivity contribution < 1.29 is 14.5 Å². The molecule has 0 fully saturated rings. The summed E-state index contributed by atoms with van der Waals surface area (Å²) in [5, 5.41) is 13.3. The van der Waals surface area contributed by atoms with Crippen LogP contribution in [0, 0.1) is 10.1 Å². The van der Waals surface area contributed by atoms with E-state index in [9.17, 15) is 14.9 Å². The van der Waals surface area contributed by atoms with Gasteiger partial charge in [0.25, 0.3) is 5.69 Å². The number of imidazole rings is 1. The summed E-state index contributed by atoms with van der Waals surface area (Å²) in [6.07, 6.45) is 1.01. The molecule has 0 spiro atoms. The third-order valence-corrected chi connectivity index (χ3v) is 4.02. The Labute approximate surface area is 146 Å². The third kappa shape index (κ3) is 4.04. The van der Waals surface area contributed by atoms with Gasteiger partial charge < -0.3 is 9.72 Å². The first-order valence-corrected chi connectivity index (χ1v) is 8.08. The number of rotatable bonds is 5. The second-order valence-electron chi connectivity index (χ2n) is 4.83. The minimum atomic E-state index is -0.604. The van der Waals surface area contributed by atoms with E-state index in [0.29, 0.717) is 11.2 Å². The average molecular weight is 359 g/mol. The molecule has 0 aliphatic carbocycles. The van der Waals surface area contributed by atoms with Crippen LogP contribution in [-0.4, -0.2) is 32.6 Å². The van der Waals surface area contributed by atoms with Crippen molar-refractivity contribution in [2.45, 2.75) is 16.7 Å². The Bertz CT molecular complexity index is 943. The highest BCUT2D eigenvalue weighted by molar-refractivity contribution is 7.99. The van der Waals surface area contributed by atoms with E-state index >= 15 is 0 Å². The molecule has 0 saturated carbocycles. The van der Waals surface area contributed by atoms with Crippen LogP contribution in [-0.2, 0) is 4.74 Å². The number of nitrogens with one attached hydrogen (secondary N) is 2. The normalized spacial score (nSPS) is 10.6. The number of carbonyl (C=O) groups is 1. The molecule has 9 nitrogen and oxygen atoms in total. The lowest BCUT2D eigenvalue weighted by Crippen LogP contribution is -2.14. The molecule has 128 valence electrons. The van der Waals surface area contributed by atoms with Crippen LogP contribution in [0.5, 0.6) is 0 Å². The van der Waals surface area contributed by atoms with E-state index in [-0.39, 0.29) is 18.2 Å². The third-order valence-electron chi connectivity index (χ3n) is 3.07. The number of nitro groups is 1. The van der Waals surface area contributed by atoms with Crippen molar-refractivity contribution in [3.05, 3.63) is 46.6 Å². The van der Waals surface area contributed by atoms with Gasteiger partial charge in [-0.25, -0.2) is 9.78 Å². The SMILES string of the molecule is CCOC(=O)Nc1nc2ncc(Sc3cccc([N+](=O)[O-])c3)cc2[nH]1. The molecule has 2 aromatic heterocycles. The molecule has 2 heterocycles. The molecule has 0 aliphatic heterocycles. The molecular formula is C15H13N5O4S. The molecule has 0 radical (unpaired) electrons. The number of ether oxygens (including phenoxy) is 1. The highest BCUT2D eigenvalue weighted by Gasteiger charge is 2.10. The Morgan fingerprint density at radius 1 is 1.40 bits per heavy atom. The van der Waals surface area contributed by atoms with Gasteiger partial charge in [-0.2, -0.15) is 4.98 Å². The number of benzene rings is 1. The molecule has 10 heteroatoms. The van der Waals surface area contributed by atoms with E-state index in [1.807, 2.05) is 0 Å².